The molecule has 0 aliphatic heterocycles. The molecule has 0 aliphatic rings. The van der Waals surface area contributed by atoms with E-state index in [1.165, 1.54) is 17.1 Å². The van der Waals surface area contributed by atoms with Crippen LogP contribution in [0.25, 0.3) is 0 Å². The van der Waals surface area contributed by atoms with Crippen molar-refractivity contribution in [1.29, 1.82) is 0 Å². The van der Waals surface area contributed by atoms with Crippen molar-refractivity contribution in [3.05, 3.63) is 22.5 Å². The molecule has 1 rings (SSSR count). The van der Waals surface area contributed by atoms with Crippen LogP contribution in [0.3, 0.4) is 0 Å². The molecule has 2 N–H and O–H groups in total. The molecular formula is C10H18N4O3S. The van der Waals surface area contributed by atoms with E-state index < -0.39 is 11.0 Å². The van der Waals surface area contributed by atoms with Gasteiger partial charge in [-0.25, -0.2) is 0 Å². The minimum atomic E-state index is -0.598. The molecule has 1 atom stereocenters. The van der Waals surface area contributed by atoms with Crippen molar-refractivity contribution in [1.82, 2.24) is 15.1 Å². The highest BCUT2D eigenvalue weighted by Gasteiger charge is 2.11. The Balaban J connectivity index is 2.22. The lowest BCUT2D eigenvalue weighted by molar-refractivity contribution is -0.385. The van der Waals surface area contributed by atoms with Crippen LogP contribution in [0.15, 0.2) is 12.4 Å². The average molecular weight is 274 g/mol. The minimum Gasteiger partial charge on any atom is -0.390 e. The standard InChI is InChI=1S/C10H18N4O3S/c1-18-4-2-3-11-6-10(15)8-13-7-9(5-12-13)14(16)17/h5,7,10-11,15H,2-4,6,8H2,1H3. The third-order valence-corrected chi connectivity index (χ3v) is 3.01. The van der Waals surface area contributed by atoms with Gasteiger partial charge in [-0.2, -0.15) is 16.9 Å². The minimum absolute atomic E-state index is 0.0601. The molecule has 1 aromatic heterocycles. The van der Waals surface area contributed by atoms with E-state index >= 15 is 0 Å². The Kier molecular flexibility index (Phi) is 6.69. The van der Waals surface area contributed by atoms with E-state index in [1.807, 2.05) is 0 Å². The third-order valence-electron chi connectivity index (χ3n) is 2.31. The first-order valence-electron chi connectivity index (χ1n) is 5.68. The molecule has 0 aliphatic carbocycles. The molecule has 0 radical (unpaired) electrons. The van der Waals surface area contributed by atoms with Gasteiger partial charge in [-0.15, -0.1) is 0 Å². The van der Waals surface area contributed by atoms with E-state index in [9.17, 15) is 15.2 Å². The summed E-state index contributed by atoms with van der Waals surface area (Å²) in [5.74, 6) is 1.09. The number of nitrogens with one attached hydrogen (secondary N) is 1. The molecule has 18 heavy (non-hydrogen) atoms. The fourth-order valence-electron chi connectivity index (χ4n) is 1.44. The van der Waals surface area contributed by atoms with Gasteiger partial charge in [0.1, 0.15) is 12.4 Å². The SMILES string of the molecule is CSCCCNCC(O)Cn1cc([N+](=O)[O-])cn1. The summed E-state index contributed by atoms with van der Waals surface area (Å²) in [5.41, 5.74) is -0.0601. The Hall–Kier alpha value is -1.12. The Morgan fingerprint density at radius 3 is 3.11 bits per heavy atom. The average Bonchev–Trinajstić information content (AvgIpc) is 2.77. The van der Waals surface area contributed by atoms with E-state index in [4.69, 9.17) is 0 Å². The number of hydrogen-bond acceptors (Lipinski definition) is 6. The van der Waals surface area contributed by atoms with Gasteiger partial charge >= 0.3 is 5.69 Å². The Morgan fingerprint density at radius 1 is 1.72 bits per heavy atom. The second-order valence-corrected chi connectivity index (χ2v) is 4.87. The van der Waals surface area contributed by atoms with Crippen molar-refractivity contribution in [2.45, 2.75) is 19.1 Å². The number of aromatic nitrogens is 2. The van der Waals surface area contributed by atoms with Gasteiger partial charge in [0.25, 0.3) is 0 Å². The van der Waals surface area contributed by atoms with E-state index in [-0.39, 0.29) is 12.2 Å². The first-order valence-corrected chi connectivity index (χ1v) is 7.07. The molecule has 0 spiro atoms. The van der Waals surface area contributed by atoms with Crippen molar-refractivity contribution in [3.63, 3.8) is 0 Å². The molecule has 0 saturated carbocycles. The predicted octanol–water partition coefficient (Wildman–Crippen LogP) is 0.495. The van der Waals surface area contributed by atoms with Gasteiger partial charge in [0, 0.05) is 6.54 Å². The summed E-state index contributed by atoms with van der Waals surface area (Å²) < 4.78 is 1.38. The molecule has 0 fully saturated rings. The summed E-state index contributed by atoms with van der Waals surface area (Å²) in [6.07, 6.45) is 5.01. The number of rotatable bonds is 9. The van der Waals surface area contributed by atoms with Gasteiger partial charge in [-0.05, 0) is 25.0 Å². The quantitative estimate of drug-likeness (QED) is 0.387. The predicted molar refractivity (Wildman–Crippen MR) is 70.8 cm³/mol. The second-order valence-electron chi connectivity index (χ2n) is 3.88. The van der Waals surface area contributed by atoms with Gasteiger partial charge in [0.2, 0.25) is 0 Å². The maximum Gasteiger partial charge on any atom is 0.306 e. The van der Waals surface area contributed by atoms with Crippen LogP contribution in [0.2, 0.25) is 0 Å². The summed E-state index contributed by atoms with van der Waals surface area (Å²) in [6.45, 7) is 1.57. The Labute approximate surface area is 110 Å². The number of nitrogens with zero attached hydrogens (tertiary/aromatic N) is 3. The first kappa shape index (κ1) is 14.9. The lowest BCUT2D eigenvalue weighted by atomic mass is 10.3. The van der Waals surface area contributed by atoms with Crippen molar-refractivity contribution in [2.24, 2.45) is 0 Å². The van der Waals surface area contributed by atoms with Crippen LogP contribution < -0.4 is 5.32 Å². The summed E-state index contributed by atoms with van der Waals surface area (Å²) in [6, 6.07) is 0. The number of hydrogen-bond donors (Lipinski definition) is 2. The van der Waals surface area contributed by atoms with Crippen LogP contribution in [-0.4, -0.2) is 51.0 Å². The first-order chi connectivity index (χ1) is 8.63. The lowest BCUT2D eigenvalue weighted by Gasteiger charge is -2.11. The highest BCUT2D eigenvalue weighted by molar-refractivity contribution is 7.98. The zero-order valence-electron chi connectivity index (χ0n) is 10.3. The lowest BCUT2D eigenvalue weighted by Crippen LogP contribution is -2.31. The van der Waals surface area contributed by atoms with Crippen LogP contribution in [0.5, 0.6) is 0 Å². The van der Waals surface area contributed by atoms with Crippen molar-refractivity contribution in [3.8, 4) is 0 Å². The van der Waals surface area contributed by atoms with Gasteiger partial charge in [0.05, 0.1) is 17.6 Å². The maximum absolute atomic E-state index is 10.4. The number of aliphatic hydroxyl groups is 1. The molecule has 1 aromatic rings. The highest BCUT2D eigenvalue weighted by Crippen LogP contribution is 2.07. The zero-order chi connectivity index (χ0) is 13.4. The fraction of sp³-hybridized carbons (Fsp3) is 0.700. The maximum atomic E-state index is 10.4. The van der Waals surface area contributed by atoms with Crippen molar-refractivity contribution in [2.75, 3.05) is 25.1 Å². The van der Waals surface area contributed by atoms with Crippen LogP contribution in [0, 0.1) is 10.1 Å². The highest BCUT2D eigenvalue weighted by atomic mass is 32.2. The van der Waals surface area contributed by atoms with E-state index in [1.54, 1.807) is 11.8 Å². The van der Waals surface area contributed by atoms with Crippen LogP contribution in [0.1, 0.15) is 6.42 Å². The molecule has 0 saturated heterocycles. The van der Waals surface area contributed by atoms with E-state index in [2.05, 4.69) is 16.7 Å². The molecule has 102 valence electrons. The zero-order valence-corrected chi connectivity index (χ0v) is 11.1. The Morgan fingerprint density at radius 2 is 2.50 bits per heavy atom. The van der Waals surface area contributed by atoms with Crippen molar-refractivity contribution < 1.29 is 10.0 Å². The topological polar surface area (TPSA) is 93.2 Å². The van der Waals surface area contributed by atoms with Gasteiger partial charge < -0.3 is 10.4 Å². The summed E-state index contributed by atoms with van der Waals surface area (Å²) >= 11 is 1.79. The van der Waals surface area contributed by atoms with E-state index in [0.717, 1.165) is 18.7 Å². The van der Waals surface area contributed by atoms with Crippen LogP contribution in [0.4, 0.5) is 5.69 Å². The van der Waals surface area contributed by atoms with Gasteiger partial charge in [-0.3, -0.25) is 14.8 Å². The van der Waals surface area contributed by atoms with Gasteiger partial charge in [0.15, 0.2) is 0 Å². The van der Waals surface area contributed by atoms with Crippen LogP contribution >= 0.6 is 11.8 Å². The van der Waals surface area contributed by atoms with E-state index in [0.29, 0.717) is 6.54 Å². The van der Waals surface area contributed by atoms with Crippen LogP contribution in [-0.2, 0) is 6.54 Å². The molecule has 0 amide bonds. The molecule has 8 heteroatoms. The number of thioether (sulfide) groups is 1. The second kappa shape index (κ2) is 8.06. The Bertz CT molecular complexity index is 372. The monoisotopic (exact) mass is 274 g/mol. The van der Waals surface area contributed by atoms with Gasteiger partial charge in [-0.1, -0.05) is 0 Å². The summed E-state index contributed by atoms with van der Waals surface area (Å²) in [4.78, 5) is 9.94. The largest absolute Gasteiger partial charge is 0.390 e. The normalized spacial score (nSPS) is 12.6. The molecule has 7 nitrogen and oxygen atoms in total. The fourth-order valence-corrected chi connectivity index (χ4v) is 1.87. The summed E-state index contributed by atoms with van der Waals surface area (Å²) in [7, 11) is 0. The molecular weight excluding hydrogens is 256 g/mol. The molecule has 0 aromatic carbocycles. The smallest absolute Gasteiger partial charge is 0.306 e. The molecule has 1 unspecified atom stereocenters. The third kappa shape index (κ3) is 5.48. The van der Waals surface area contributed by atoms with Crippen molar-refractivity contribution >= 4 is 17.4 Å². The summed E-state index contributed by atoms with van der Waals surface area (Å²) in [5, 5.41) is 27.1. The molecule has 1 heterocycles. The molecule has 0 bridgehead atoms. The number of aliphatic hydroxyl groups excluding tert-OH is 1. The number of nitro groups is 1.